The second-order valence-corrected chi connectivity index (χ2v) is 4.48. The van der Waals surface area contributed by atoms with E-state index in [2.05, 4.69) is 25.5 Å². The number of nitrogens with zero attached hydrogens (tertiary/aromatic N) is 2. The van der Waals surface area contributed by atoms with Crippen molar-refractivity contribution in [2.45, 2.75) is 38.3 Å². The standard InChI is InChI=1S/C9H13BrN2O/c1-6(13)4-9-11-8(10)5-12(9)7-2-3-7/h5-7,13H,2-4H2,1H3. The Morgan fingerprint density at radius 3 is 3.00 bits per heavy atom. The lowest BCUT2D eigenvalue weighted by atomic mass is 10.3. The van der Waals surface area contributed by atoms with Crippen molar-refractivity contribution >= 4 is 15.9 Å². The summed E-state index contributed by atoms with van der Waals surface area (Å²) in [5.74, 6) is 0.990. The zero-order valence-electron chi connectivity index (χ0n) is 7.57. The van der Waals surface area contributed by atoms with Crippen LogP contribution in [-0.4, -0.2) is 20.8 Å². The third-order valence-electron chi connectivity index (χ3n) is 2.20. The van der Waals surface area contributed by atoms with Crippen molar-refractivity contribution in [3.05, 3.63) is 16.6 Å². The van der Waals surface area contributed by atoms with E-state index in [0.29, 0.717) is 12.5 Å². The van der Waals surface area contributed by atoms with E-state index in [1.165, 1.54) is 12.8 Å². The molecule has 13 heavy (non-hydrogen) atoms. The maximum absolute atomic E-state index is 9.27. The maximum atomic E-state index is 9.27. The molecule has 72 valence electrons. The number of hydrogen-bond donors (Lipinski definition) is 1. The SMILES string of the molecule is CC(O)Cc1nc(Br)cn1C1CC1. The molecule has 1 aromatic rings. The molecule has 1 aromatic heterocycles. The van der Waals surface area contributed by atoms with Crippen molar-refractivity contribution in [2.24, 2.45) is 0 Å². The number of aliphatic hydroxyl groups excluding tert-OH is 1. The van der Waals surface area contributed by atoms with Crippen molar-refractivity contribution in [3.63, 3.8) is 0 Å². The molecule has 0 amide bonds. The van der Waals surface area contributed by atoms with Crippen LogP contribution >= 0.6 is 15.9 Å². The molecule has 1 saturated carbocycles. The minimum Gasteiger partial charge on any atom is -0.393 e. The highest BCUT2D eigenvalue weighted by Gasteiger charge is 2.26. The third kappa shape index (κ3) is 2.11. The molecular formula is C9H13BrN2O. The van der Waals surface area contributed by atoms with Gasteiger partial charge in [-0.3, -0.25) is 0 Å². The second-order valence-electron chi connectivity index (χ2n) is 3.67. The van der Waals surface area contributed by atoms with Crippen LogP contribution in [0.15, 0.2) is 10.8 Å². The summed E-state index contributed by atoms with van der Waals surface area (Å²) in [5, 5.41) is 9.27. The summed E-state index contributed by atoms with van der Waals surface area (Å²) >= 11 is 3.36. The molecule has 1 N–H and O–H groups in total. The van der Waals surface area contributed by atoms with Crippen LogP contribution in [0.1, 0.15) is 31.6 Å². The smallest absolute Gasteiger partial charge is 0.124 e. The Morgan fingerprint density at radius 2 is 2.46 bits per heavy atom. The molecule has 1 heterocycles. The molecule has 0 radical (unpaired) electrons. The van der Waals surface area contributed by atoms with Gasteiger partial charge < -0.3 is 9.67 Å². The quantitative estimate of drug-likeness (QED) is 0.883. The van der Waals surface area contributed by atoms with E-state index in [-0.39, 0.29) is 6.10 Å². The first-order valence-electron chi connectivity index (χ1n) is 4.58. The second kappa shape index (κ2) is 3.42. The molecule has 1 unspecified atom stereocenters. The Hall–Kier alpha value is -0.350. The van der Waals surface area contributed by atoms with Gasteiger partial charge >= 0.3 is 0 Å². The Bertz CT molecular complexity index is 305. The van der Waals surface area contributed by atoms with E-state index >= 15 is 0 Å². The van der Waals surface area contributed by atoms with Crippen LogP contribution in [0, 0.1) is 0 Å². The predicted molar refractivity (Wildman–Crippen MR) is 53.6 cm³/mol. The lowest BCUT2D eigenvalue weighted by Crippen LogP contribution is -2.10. The van der Waals surface area contributed by atoms with Crippen molar-refractivity contribution in [1.29, 1.82) is 0 Å². The summed E-state index contributed by atoms with van der Waals surface area (Å²) in [5.41, 5.74) is 0. The molecule has 1 atom stereocenters. The Labute approximate surface area is 85.9 Å². The first-order chi connectivity index (χ1) is 6.16. The minimum atomic E-state index is -0.313. The number of aromatic nitrogens is 2. The van der Waals surface area contributed by atoms with Crippen LogP contribution in [0.4, 0.5) is 0 Å². The summed E-state index contributed by atoms with van der Waals surface area (Å²) in [4.78, 5) is 4.33. The summed E-state index contributed by atoms with van der Waals surface area (Å²) in [6.07, 6.45) is 4.83. The van der Waals surface area contributed by atoms with Gasteiger partial charge in [0.25, 0.3) is 0 Å². The number of aliphatic hydroxyl groups is 1. The number of halogens is 1. The highest BCUT2D eigenvalue weighted by atomic mass is 79.9. The van der Waals surface area contributed by atoms with Crippen LogP contribution in [0.2, 0.25) is 0 Å². The molecule has 0 spiro atoms. The molecule has 1 fully saturated rings. The maximum Gasteiger partial charge on any atom is 0.124 e. The van der Waals surface area contributed by atoms with Gasteiger partial charge in [-0.1, -0.05) is 0 Å². The van der Waals surface area contributed by atoms with Crippen LogP contribution in [-0.2, 0) is 6.42 Å². The van der Waals surface area contributed by atoms with Gasteiger partial charge in [-0.25, -0.2) is 4.98 Å². The number of imidazole rings is 1. The van der Waals surface area contributed by atoms with Crippen LogP contribution in [0.5, 0.6) is 0 Å². The van der Waals surface area contributed by atoms with Gasteiger partial charge in [-0.2, -0.15) is 0 Å². The van der Waals surface area contributed by atoms with E-state index in [1.54, 1.807) is 6.92 Å². The fraction of sp³-hybridized carbons (Fsp3) is 0.667. The lowest BCUT2D eigenvalue weighted by Gasteiger charge is -2.06. The monoisotopic (exact) mass is 244 g/mol. The average molecular weight is 245 g/mol. The molecule has 0 bridgehead atoms. The summed E-state index contributed by atoms with van der Waals surface area (Å²) in [6.45, 7) is 1.79. The normalized spacial score (nSPS) is 19.0. The van der Waals surface area contributed by atoms with Gasteiger partial charge in [0.05, 0.1) is 6.10 Å². The Balaban J connectivity index is 2.21. The predicted octanol–water partition coefficient (Wildman–Crippen LogP) is 1.90. The zero-order chi connectivity index (χ0) is 9.42. The van der Waals surface area contributed by atoms with Gasteiger partial charge in [0, 0.05) is 18.7 Å². The Kier molecular flexibility index (Phi) is 2.43. The van der Waals surface area contributed by atoms with Crippen LogP contribution < -0.4 is 0 Å². The first kappa shape index (κ1) is 9.21. The molecule has 0 aliphatic heterocycles. The lowest BCUT2D eigenvalue weighted by molar-refractivity contribution is 0.191. The van der Waals surface area contributed by atoms with E-state index in [1.807, 2.05) is 6.20 Å². The van der Waals surface area contributed by atoms with Gasteiger partial charge in [-0.05, 0) is 35.7 Å². The summed E-state index contributed by atoms with van der Waals surface area (Å²) < 4.78 is 3.05. The van der Waals surface area contributed by atoms with Crippen LogP contribution in [0.3, 0.4) is 0 Å². The topological polar surface area (TPSA) is 38.1 Å². The van der Waals surface area contributed by atoms with Gasteiger partial charge in [0.15, 0.2) is 0 Å². The average Bonchev–Trinajstić information content (AvgIpc) is 2.77. The van der Waals surface area contributed by atoms with Crippen LogP contribution in [0.25, 0.3) is 0 Å². The van der Waals surface area contributed by atoms with E-state index in [0.717, 1.165) is 10.4 Å². The van der Waals surface area contributed by atoms with Crippen molar-refractivity contribution in [2.75, 3.05) is 0 Å². The third-order valence-corrected chi connectivity index (χ3v) is 2.58. The molecule has 1 aliphatic rings. The van der Waals surface area contributed by atoms with Gasteiger partial charge in [0.1, 0.15) is 10.4 Å². The number of rotatable bonds is 3. The van der Waals surface area contributed by atoms with Gasteiger partial charge in [0.2, 0.25) is 0 Å². The summed E-state index contributed by atoms with van der Waals surface area (Å²) in [6, 6.07) is 0.632. The molecule has 1 aliphatic carbocycles. The highest BCUT2D eigenvalue weighted by Crippen LogP contribution is 2.36. The minimum absolute atomic E-state index is 0.313. The van der Waals surface area contributed by atoms with Gasteiger partial charge in [-0.15, -0.1) is 0 Å². The van der Waals surface area contributed by atoms with Crippen molar-refractivity contribution < 1.29 is 5.11 Å². The molecular weight excluding hydrogens is 232 g/mol. The van der Waals surface area contributed by atoms with E-state index in [4.69, 9.17) is 0 Å². The summed E-state index contributed by atoms with van der Waals surface area (Å²) in [7, 11) is 0. The molecule has 2 rings (SSSR count). The van der Waals surface area contributed by atoms with E-state index in [9.17, 15) is 5.11 Å². The molecule has 3 nitrogen and oxygen atoms in total. The fourth-order valence-corrected chi connectivity index (χ4v) is 1.91. The zero-order valence-corrected chi connectivity index (χ0v) is 9.16. The molecule has 0 aromatic carbocycles. The van der Waals surface area contributed by atoms with E-state index < -0.39 is 0 Å². The number of hydrogen-bond acceptors (Lipinski definition) is 2. The molecule has 4 heteroatoms. The molecule has 0 saturated heterocycles. The fourth-order valence-electron chi connectivity index (χ4n) is 1.48. The first-order valence-corrected chi connectivity index (χ1v) is 5.37. The van der Waals surface area contributed by atoms with Crippen molar-refractivity contribution in [3.8, 4) is 0 Å². The van der Waals surface area contributed by atoms with Crippen molar-refractivity contribution in [1.82, 2.24) is 9.55 Å². The highest BCUT2D eigenvalue weighted by molar-refractivity contribution is 9.10. The Morgan fingerprint density at radius 1 is 1.77 bits per heavy atom. The largest absolute Gasteiger partial charge is 0.393 e.